The van der Waals surface area contributed by atoms with Gasteiger partial charge in [0.15, 0.2) is 0 Å². The minimum atomic E-state index is 0.547. The summed E-state index contributed by atoms with van der Waals surface area (Å²) in [4.78, 5) is 0. The number of hydrogen-bond acceptors (Lipinski definition) is 2. The molecule has 1 aliphatic rings. The molecule has 3 N–H and O–H groups in total. The maximum absolute atomic E-state index is 6.11. The van der Waals surface area contributed by atoms with Crippen LogP contribution >= 0.6 is 0 Å². The molecule has 0 atom stereocenters. The lowest BCUT2D eigenvalue weighted by Gasteiger charge is -2.12. The normalized spacial score (nSPS) is 16.9. The first kappa shape index (κ1) is 11.5. The molecule has 0 aliphatic heterocycles. The molecule has 2 nitrogen and oxygen atoms in total. The Morgan fingerprint density at radius 1 is 1.17 bits per heavy atom. The van der Waals surface area contributed by atoms with Crippen molar-refractivity contribution in [2.75, 3.05) is 12.3 Å². The molecule has 0 saturated heterocycles. The fourth-order valence-corrected chi connectivity index (χ4v) is 2.35. The van der Waals surface area contributed by atoms with Gasteiger partial charge in [-0.25, -0.2) is 0 Å². The quantitative estimate of drug-likeness (QED) is 0.805. The van der Waals surface area contributed by atoms with Gasteiger partial charge in [0.2, 0.25) is 0 Å². The van der Waals surface area contributed by atoms with Crippen molar-refractivity contribution in [3.05, 3.63) is 42.0 Å². The molecule has 18 heavy (non-hydrogen) atoms. The molecule has 0 heterocycles. The zero-order chi connectivity index (χ0) is 12.6. The molecule has 0 aromatic heterocycles. The van der Waals surface area contributed by atoms with Crippen molar-refractivity contribution >= 4 is 16.5 Å². The third-order valence-corrected chi connectivity index (χ3v) is 3.98. The topological polar surface area (TPSA) is 38.0 Å². The summed E-state index contributed by atoms with van der Waals surface area (Å²) in [5.41, 5.74) is 8.76. The third-order valence-electron chi connectivity index (χ3n) is 3.98. The van der Waals surface area contributed by atoms with Gasteiger partial charge in [-0.1, -0.05) is 31.2 Å². The summed E-state index contributed by atoms with van der Waals surface area (Å²) in [6.45, 7) is 4.30. The number of anilines is 1. The van der Waals surface area contributed by atoms with E-state index in [9.17, 15) is 0 Å². The van der Waals surface area contributed by atoms with E-state index in [4.69, 9.17) is 5.73 Å². The van der Waals surface area contributed by atoms with Crippen LogP contribution < -0.4 is 11.1 Å². The van der Waals surface area contributed by atoms with E-state index >= 15 is 0 Å². The largest absolute Gasteiger partial charge is 0.398 e. The number of benzene rings is 2. The number of nitrogen functional groups attached to an aromatic ring is 1. The minimum Gasteiger partial charge on any atom is -0.398 e. The molecular weight excluding hydrogens is 220 g/mol. The molecule has 1 aliphatic carbocycles. The molecule has 1 saturated carbocycles. The van der Waals surface area contributed by atoms with E-state index in [0.717, 1.165) is 18.8 Å². The van der Waals surface area contributed by atoms with Crippen LogP contribution in [0.2, 0.25) is 0 Å². The lowest BCUT2D eigenvalue weighted by molar-refractivity contribution is 0.500. The van der Waals surface area contributed by atoms with Crippen molar-refractivity contribution in [3.63, 3.8) is 0 Å². The average molecular weight is 240 g/mol. The Bertz CT molecular complexity index is 570. The summed E-state index contributed by atoms with van der Waals surface area (Å²) < 4.78 is 0. The third kappa shape index (κ3) is 2.34. The second kappa shape index (κ2) is 4.29. The molecular formula is C16H20N2. The molecule has 94 valence electrons. The number of nitrogens with one attached hydrogen (secondary N) is 1. The maximum Gasteiger partial charge on any atom is 0.0366 e. The van der Waals surface area contributed by atoms with Gasteiger partial charge in [-0.05, 0) is 46.7 Å². The Morgan fingerprint density at radius 2 is 1.83 bits per heavy atom. The molecule has 2 aromatic carbocycles. The second-order valence-electron chi connectivity index (χ2n) is 5.81. The van der Waals surface area contributed by atoms with Crippen LogP contribution in [0.15, 0.2) is 36.4 Å². The highest BCUT2D eigenvalue weighted by Gasteiger charge is 2.36. The van der Waals surface area contributed by atoms with Gasteiger partial charge in [0, 0.05) is 18.8 Å². The summed E-state index contributed by atoms with van der Waals surface area (Å²) in [5, 5.41) is 6.01. The van der Waals surface area contributed by atoms with Crippen LogP contribution in [0.1, 0.15) is 25.3 Å². The Hall–Kier alpha value is -1.54. The highest BCUT2D eigenvalue weighted by atomic mass is 14.9. The fraction of sp³-hybridized carbons (Fsp3) is 0.375. The lowest BCUT2D eigenvalue weighted by atomic mass is 10.0. The Morgan fingerprint density at radius 3 is 2.50 bits per heavy atom. The van der Waals surface area contributed by atoms with Crippen LogP contribution in [0.4, 0.5) is 5.69 Å². The van der Waals surface area contributed by atoms with Crippen molar-refractivity contribution in [3.8, 4) is 0 Å². The van der Waals surface area contributed by atoms with Crippen LogP contribution in [0, 0.1) is 5.41 Å². The smallest absolute Gasteiger partial charge is 0.0366 e. The van der Waals surface area contributed by atoms with E-state index < -0.39 is 0 Å². The van der Waals surface area contributed by atoms with E-state index in [-0.39, 0.29) is 0 Å². The number of nitrogens with two attached hydrogens (primary N) is 1. The second-order valence-corrected chi connectivity index (χ2v) is 5.81. The van der Waals surface area contributed by atoms with Gasteiger partial charge in [-0.15, -0.1) is 0 Å². The predicted octanol–water partition coefficient (Wildman–Crippen LogP) is 3.31. The standard InChI is InChI=1S/C16H20N2/c1-16(6-7-16)11-18-10-14-8-12-4-2-3-5-13(12)9-15(14)17/h2-5,8-9,18H,6-7,10-11,17H2,1H3. The van der Waals surface area contributed by atoms with Crippen LogP contribution in [0.3, 0.4) is 0 Å². The summed E-state index contributed by atoms with van der Waals surface area (Å²) in [6, 6.07) is 12.6. The van der Waals surface area contributed by atoms with Gasteiger partial charge >= 0.3 is 0 Å². The van der Waals surface area contributed by atoms with E-state index in [1.165, 1.54) is 29.2 Å². The van der Waals surface area contributed by atoms with Crippen molar-refractivity contribution < 1.29 is 0 Å². The van der Waals surface area contributed by atoms with Gasteiger partial charge in [0.1, 0.15) is 0 Å². The SMILES string of the molecule is CC1(CNCc2cc3ccccc3cc2N)CC1. The van der Waals surface area contributed by atoms with E-state index in [1.807, 2.05) is 6.07 Å². The lowest BCUT2D eigenvalue weighted by Crippen LogP contribution is -2.22. The van der Waals surface area contributed by atoms with Crippen LogP contribution in [0.5, 0.6) is 0 Å². The highest BCUT2D eigenvalue weighted by molar-refractivity contribution is 5.86. The van der Waals surface area contributed by atoms with Gasteiger partial charge in [0.25, 0.3) is 0 Å². The molecule has 0 unspecified atom stereocenters. The number of rotatable bonds is 4. The average Bonchev–Trinajstić information content (AvgIpc) is 3.08. The van der Waals surface area contributed by atoms with Crippen LogP contribution in [0.25, 0.3) is 10.8 Å². The number of hydrogen-bond donors (Lipinski definition) is 2. The monoisotopic (exact) mass is 240 g/mol. The van der Waals surface area contributed by atoms with Crippen LogP contribution in [-0.2, 0) is 6.54 Å². The first-order valence-electron chi connectivity index (χ1n) is 6.64. The molecule has 1 fully saturated rings. The van der Waals surface area contributed by atoms with Crippen molar-refractivity contribution in [1.29, 1.82) is 0 Å². The van der Waals surface area contributed by atoms with Gasteiger partial charge in [-0.3, -0.25) is 0 Å². The maximum atomic E-state index is 6.11. The van der Waals surface area contributed by atoms with Gasteiger partial charge in [-0.2, -0.15) is 0 Å². The highest BCUT2D eigenvalue weighted by Crippen LogP contribution is 2.44. The first-order chi connectivity index (χ1) is 8.66. The zero-order valence-corrected chi connectivity index (χ0v) is 10.9. The Balaban J connectivity index is 1.76. The Kier molecular flexibility index (Phi) is 2.75. The molecule has 0 amide bonds. The minimum absolute atomic E-state index is 0.547. The Labute approximate surface area is 108 Å². The van der Waals surface area contributed by atoms with Gasteiger partial charge in [0.05, 0.1) is 0 Å². The number of fused-ring (bicyclic) bond motifs is 1. The van der Waals surface area contributed by atoms with E-state index in [1.54, 1.807) is 0 Å². The molecule has 3 rings (SSSR count). The first-order valence-corrected chi connectivity index (χ1v) is 6.64. The summed E-state index contributed by atoms with van der Waals surface area (Å²) >= 11 is 0. The molecule has 2 heteroatoms. The van der Waals surface area contributed by atoms with E-state index in [0.29, 0.717) is 5.41 Å². The summed E-state index contributed by atoms with van der Waals surface area (Å²) in [7, 11) is 0. The van der Waals surface area contributed by atoms with E-state index in [2.05, 4.69) is 42.6 Å². The summed E-state index contributed by atoms with van der Waals surface area (Å²) in [6.07, 6.45) is 2.71. The summed E-state index contributed by atoms with van der Waals surface area (Å²) in [5.74, 6) is 0. The van der Waals surface area contributed by atoms with Crippen molar-refractivity contribution in [2.45, 2.75) is 26.3 Å². The van der Waals surface area contributed by atoms with Crippen molar-refractivity contribution in [1.82, 2.24) is 5.32 Å². The molecule has 0 spiro atoms. The van der Waals surface area contributed by atoms with Crippen molar-refractivity contribution in [2.24, 2.45) is 5.41 Å². The molecule has 2 aromatic rings. The predicted molar refractivity (Wildman–Crippen MR) is 77.4 cm³/mol. The van der Waals surface area contributed by atoms with Gasteiger partial charge < -0.3 is 11.1 Å². The fourth-order valence-electron chi connectivity index (χ4n) is 2.35. The molecule has 0 bridgehead atoms. The van der Waals surface area contributed by atoms with Crippen LogP contribution in [-0.4, -0.2) is 6.54 Å². The zero-order valence-electron chi connectivity index (χ0n) is 10.9. The molecule has 0 radical (unpaired) electrons.